The minimum absolute atomic E-state index is 0.164. The highest BCUT2D eigenvalue weighted by Crippen LogP contribution is 2.33. The number of hydrogen-bond donors (Lipinski definition) is 0. The Hall–Kier alpha value is -2.15. The standard InChI is InChI=1S/C26H32ClN3O2S/c1-4-6-22-17-29(16-20-12-18(3)11-19(13-20)14-25(31)32-5-2)9-10-30(22)26-28-23-8-7-21(27)15-24(23)33-26/h7-8,11-13,15,22H,4-6,9-10,14,16-17H2,1-3H3/t22-/m0/s1. The van der Waals surface area contributed by atoms with E-state index in [-0.39, 0.29) is 5.97 Å². The van der Waals surface area contributed by atoms with Gasteiger partial charge in [0.05, 0.1) is 23.2 Å². The van der Waals surface area contributed by atoms with Gasteiger partial charge in [-0.15, -0.1) is 0 Å². The third-order valence-electron chi connectivity index (χ3n) is 6.03. The molecule has 0 saturated carbocycles. The summed E-state index contributed by atoms with van der Waals surface area (Å²) in [6, 6.07) is 12.8. The van der Waals surface area contributed by atoms with Crippen LogP contribution in [-0.2, 0) is 22.5 Å². The van der Waals surface area contributed by atoms with Crippen molar-refractivity contribution >= 4 is 44.3 Å². The van der Waals surface area contributed by atoms with E-state index in [0.29, 0.717) is 19.1 Å². The predicted octanol–water partition coefficient (Wildman–Crippen LogP) is 5.85. The first-order chi connectivity index (χ1) is 15.9. The van der Waals surface area contributed by atoms with Gasteiger partial charge >= 0.3 is 5.97 Å². The molecule has 1 aliphatic heterocycles. The van der Waals surface area contributed by atoms with Crippen LogP contribution in [0.5, 0.6) is 0 Å². The normalized spacial score (nSPS) is 17.0. The monoisotopic (exact) mass is 485 g/mol. The lowest BCUT2D eigenvalue weighted by atomic mass is 10.0. The van der Waals surface area contributed by atoms with Crippen molar-refractivity contribution in [3.8, 4) is 0 Å². The van der Waals surface area contributed by atoms with E-state index in [1.807, 2.05) is 25.1 Å². The lowest BCUT2D eigenvalue weighted by molar-refractivity contribution is -0.142. The third kappa shape index (κ3) is 6.05. The van der Waals surface area contributed by atoms with Crippen molar-refractivity contribution in [3.05, 3.63) is 58.1 Å². The molecule has 33 heavy (non-hydrogen) atoms. The lowest BCUT2D eigenvalue weighted by Gasteiger charge is -2.41. The molecule has 0 radical (unpaired) electrons. The van der Waals surface area contributed by atoms with Gasteiger partial charge in [-0.05, 0) is 49.6 Å². The van der Waals surface area contributed by atoms with E-state index < -0.39 is 0 Å². The number of esters is 1. The van der Waals surface area contributed by atoms with Crippen molar-refractivity contribution in [3.63, 3.8) is 0 Å². The summed E-state index contributed by atoms with van der Waals surface area (Å²) in [6.45, 7) is 10.4. The van der Waals surface area contributed by atoms with Crippen LogP contribution < -0.4 is 4.90 Å². The van der Waals surface area contributed by atoms with E-state index in [1.54, 1.807) is 11.3 Å². The zero-order valence-electron chi connectivity index (χ0n) is 19.6. The lowest BCUT2D eigenvalue weighted by Crippen LogP contribution is -2.52. The topological polar surface area (TPSA) is 45.7 Å². The van der Waals surface area contributed by atoms with Crippen molar-refractivity contribution in [1.29, 1.82) is 0 Å². The zero-order valence-corrected chi connectivity index (χ0v) is 21.2. The number of halogens is 1. The Kier molecular flexibility index (Phi) is 7.89. The Labute approximate surface area is 205 Å². The number of nitrogens with zero attached hydrogens (tertiary/aromatic N) is 3. The second-order valence-corrected chi connectivity index (χ2v) is 10.2. The van der Waals surface area contributed by atoms with Crippen LogP contribution in [0.4, 0.5) is 5.13 Å². The summed E-state index contributed by atoms with van der Waals surface area (Å²) < 4.78 is 6.27. The van der Waals surface area contributed by atoms with Gasteiger partial charge in [0.1, 0.15) is 0 Å². The van der Waals surface area contributed by atoms with Crippen LogP contribution in [0.15, 0.2) is 36.4 Å². The Morgan fingerprint density at radius 3 is 2.79 bits per heavy atom. The first-order valence-corrected chi connectivity index (χ1v) is 12.9. The van der Waals surface area contributed by atoms with E-state index in [0.717, 1.165) is 65.0 Å². The first-order valence-electron chi connectivity index (χ1n) is 11.7. The largest absolute Gasteiger partial charge is 0.466 e. The second-order valence-electron chi connectivity index (χ2n) is 8.79. The number of fused-ring (bicyclic) bond motifs is 1. The van der Waals surface area contributed by atoms with E-state index in [9.17, 15) is 4.79 Å². The smallest absolute Gasteiger partial charge is 0.310 e. The fraction of sp³-hybridized carbons (Fsp3) is 0.462. The van der Waals surface area contributed by atoms with Crippen molar-refractivity contribution in [2.45, 2.75) is 52.6 Å². The zero-order chi connectivity index (χ0) is 23.4. The summed E-state index contributed by atoms with van der Waals surface area (Å²) in [5, 5.41) is 1.85. The van der Waals surface area contributed by atoms with Gasteiger partial charge in [0.15, 0.2) is 5.13 Å². The van der Waals surface area contributed by atoms with Crippen LogP contribution in [0.2, 0.25) is 5.02 Å². The third-order valence-corrected chi connectivity index (χ3v) is 7.32. The average molecular weight is 486 g/mol. The Bertz CT molecular complexity index is 1120. The number of hydrogen-bond acceptors (Lipinski definition) is 6. The molecule has 0 amide bonds. The molecule has 1 aromatic heterocycles. The van der Waals surface area contributed by atoms with Crippen molar-refractivity contribution < 1.29 is 9.53 Å². The molecule has 2 heterocycles. The fourth-order valence-corrected chi connectivity index (χ4v) is 6.02. The summed E-state index contributed by atoms with van der Waals surface area (Å²) >= 11 is 7.92. The minimum atomic E-state index is -0.164. The molecule has 3 aromatic rings. The molecule has 1 atom stereocenters. The van der Waals surface area contributed by atoms with E-state index in [4.69, 9.17) is 21.3 Å². The van der Waals surface area contributed by atoms with Crippen molar-refractivity contribution in [2.75, 3.05) is 31.1 Å². The molecule has 0 unspecified atom stereocenters. The van der Waals surface area contributed by atoms with Gasteiger partial charge < -0.3 is 9.64 Å². The quantitative estimate of drug-likeness (QED) is 0.374. The fourth-order valence-electron chi connectivity index (χ4n) is 4.68. The SMILES string of the molecule is CCC[C@H]1CN(Cc2cc(C)cc(CC(=O)OCC)c2)CCN1c1nc2ccc(Cl)cc2s1. The number of thiazole rings is 1. The van der Waals surface area contributed by atoms with Gasteiger partial charge in [-0.3, -0.25) is 9.69 Å². The molecule has 0 spiro atoms. The number of aromatic nitrogens is 1. The minimum Gasteiger partial charge on any atom is -0.466 e. The molecular formula is C26H32ClN3O2S. The molecule has 1 aliphatic rings. The van der Waals surface area contributed by atoms with E-state index >= 15 is 0 Å². The predicted molar refractivity (Wildman–Crippen MR) is 137 cm³/mol. The van der Waals surface area contributed by atoms with Crippen molar-refractivity contribution in [1.82, 2.24) is 9.88 Å². The number of benzene rings is 2. The first kappa shape index (κ1) is 24.0. The highest BCUT2D eigenvalue weighted by Gasteiger charge is 2.28. The molecule has 1 saturated heterocycles. The number of aryl methyl sites for hydroxylation is 1. The number of carbonyl (C=O) groups excluding carboxylic acids is 1. The summed E-state index contributed by atoms with van der Waals surface area (Å²) in [4.78, 5) is 21.9. The summed E-state index contributed by atoms with van der Waals surface area (Å²) in [6.07, 6.45) is 2.60. The van der Waals surface area contributed by atoms with Crippen LogP contribution >= 0.6 is 22.9 Å². The number of anilines is 1. The van der Waals surface area contributed by atoms with Gasteiger partial charge in [0.2, 0.25) is 0 Å². The summed E-state index contributed by atoms with van der Waals surface area (Å²) in [5.74, 6) is -0.164. The Balaban J connectivity index is 1.47. The average Bonchev–Trinajstić information content (AvgIpc) is 3.16. The molecule has 0 N–H and O–H groups in total. The molecule has 5 nitrogen and oxygen atoms in total. The van der Waals surface area contributed by atoms with Gasteiger partial charge in [-0.1, -0.05) is 60.0 Å². The van der Waals surface area contributed by atoms with Gasteiger partial charge in [0.25, 0.3) is 0 Å². The molecule has 7 heteroatoms. The molecule has 0 aliphatic carbocycles. The highest BCUT2D eigenvalue weighted by atomic mass is 35.5. The maximum Gasteiger partial charge on any atom is 0.310 e. The van der Waals surface area contributed by atoms with Crippen LogP contribution in [0.25, 0.3) is 10.2 Å². The van der Waals surface area contributed by atoms with Gasteiger partial charge in [-0.2, -0.15) is 0 Å². The molecule has 4 rings (SSSR count). The van der Waals surface area contributed by atoms with Crippen LogP contribution in [0, 0.1) is 6.92 Å². The summed E-state index contributed by atoms with van der Waals surface area (Å²) in [7, 11) is 0. The van der Waals surface area contributed by atoms with Crippen LogP contribution in [0.3, 0.4) is 0 Å². The molecule has 1 fully saturated rings. The van der Waals surface area contributed by atoms with E-state index in [1.165, 1.54) is 11.1 Å². The number of rotatable bonds is 8. The Morgan fingerprint density at radius 2 is 2.00 bits per heavy atom. The number of carbonyl (C=O) groups is 1. The summed E-state index contributed by atoms with van der Waals surface area (Å²) in [5.41, 5.74) is 4.49. The van der Waals surface area contributed by atoms with Crippen LogP contribution in [-0.4, -0.2) is 48.1 Å². The maximum atomic E-state index is 11.9. The van der Waals surface area contributed by atoms with Gasteiger partial charge in [-0.25, -0.2) is 4.98 Å². The van der Waals surface area contributed by atoms with Gasteiger partial charge in [0, 0.05) is 37.2 Å². The molecule has 2 aromatic carbocycles. The number of piperazine rings is 1. The second kappa shape index (κ2) is 10.9. The van der Waals surface area contributed by atoms with Crippen LogP contribution in [0.1, 0.15) is 43.4 Å². The Morgan fingerprint density at radius 1 is 1.18 bits per heavy atom. The molecule has 176 valence electrons. The molecular weight excluding hydrogens is 454 g/mol. The van der Waals surface area contributed by atoms with Crippen molar-refractivity contribution in [2.24, 2.45) is 0 Å². The highest BCUT2D eigenvalue weighted by molar-refractivity contribution is 7.22. The maximum absolute atomic E-state index is 11.9. The molecule has 0 bridgehead atoms. The number of ether oxygens (including phenoxy) is 1. The van der Waals surface area contributed by atoms with E-state index in [2.05, 4.69) is 41.8 Å².